The molecule has 0 atom stereocenters. The third-order valence-corrected chi connectivity index (χ3v) is 3.65. The van der Waals surface area contributed by atoms with Crippen molar-refractivity contribution < 1.29 is 0 Å². The van der Waals surface area contributed by atoms with Crippen molar-refractivity contribution in [3.8, 4) is 6.07 Å². The standard InChI is InChI=1S/C14H16N4/c1-18(12-2-3-12)5-4-11-9-17-14-13(11)6-10(7-15)8-16-14/h6,8-9,12H,2-5H2,1H3,(H,16,17). The van der Waals surface area contributed by atoms with Crippen molar-refractivity contribution in [1.29, 1.82) is 5.26 Å². The van der Waals surface area contributed by atoms with Crippen LogP contribution in [0.3, 0.4) is 0 Å². The van der Waals surface area contributed by atoms with Crippen molar-refractivity contribution in [1.82, 2.24) is 14.9 Å². The summed E-state index contributed by atoms with van der Waals surface area (Å²) >= 11 is 0. The molecule has 2 aromatic heterocycles. The zero-order valence-electron chi connectivity index (χ0n) is 10.5. The van der Waals surface area contributed by atoms with Crippen molar-refractivity contribution in [3.05, 3.63) is 29.6 Å². The Labute approximate surface area is 106 Å². The molecule has 2 heterocycles. The number of nitriles is 1. The Kier molecular flexibility index (Phi) is 2.77. The van der Waals surface area contributed by atoms with Gasteiger partial charge in [-0.2, -0.15) is 5.26 Å². The molecule has 1 N–H and O–H groups in total. The number of aromatic amines is 1. The number of aromatic nitrogens is 2. The van der Waals surface area contributed by atoms with Crippen LogP contribution in [0.1, 0.15) is 24.0 Å². The zero-order chi connectivity index (χ0) is 12.5. The normalized spacial score (nSPS) is 15.2. The van der Waals surface area contributed by atoms with Crippen LogP contribution in [-0.4, -0.2) is 34.5 Å². The molecular formula is C14H16N4. The van der Waals surface area contributed by atoms with E-state index in [9.17, 15) is 0 Å². The summed E-state index contributed by atoms with van der Waals surface area (Å²) in [5.41, 5.74) is 2.75. The summed E-state index contributed by atoms with van der Waals surface area (Å²) in [7, 11) is 2.19. The molecule has 4 nitrogen and oxygen atoms in total. The van der Waals surface area contributed by atoms with Gasteiger partial charge < -0.3 is 9.88 Å². The number of hydrogen-bond acceptors (Lipinski definition) is 3. The average molecular weight is 240 g/mol. The molecule has 0 aliphatic heterocycles. The second-order valence-electron chi connectivity index (χ2n) is 5.01. The Morgan fingerprint density at radius 1 is 1.56 bits per heavy atom. The summed E-state index contributed by atoms with van der Waals surface area (Å²) < 4.78 is 0. The number of nitrogens with one attached hydrogen (secondary N) is 1. The maximum atomic E-state index is 8.92. The van der Waals surface area contributed by atoms with Gasteiger partial charge in [0.15, 0.2) is 0 Å². The van der Waals surface area contributed by atoms with E-state index < -0.39 is 0 Å². The number of likely N-dealkylation sites (N-methyl/N-ethyl adjacent to an activating group) is 1. The molecule has 92 valence electrons. The third kappa shape index (κ3) is 2.09. The molecule has 18 heavy (non-hydrogen) atoms. The molecule has 1 saturated carbocycles. The van der Waals surface area contributed by atoms with Gasteiger partial charge in [-0.25, -0.2) is 4.98 Å². The third-order valence-electron chi connectivity index (χ3n) is 3.65. The lowest BCUT2D eigenvalue weighted by Crippen LogP contribution is -2.23. The van der Waals surface area contributed by atoms with Gasteiger partial charge in [0, 0.05) is 30.4 Å². The van der Waals surface area contributed by atoms with Gasteiger partial charge in [0.25, 0.3) is 0 Å². The fourth-order valence-electron chi connectivity index (χ4n) is 2.32. The topological polar surface area (TPSA) is 55.7 Å². The molecule has 1 aliphatic carbocycles. The highest BCUT2D eigenvalue weighted by Crippen LogP contribution is 2.26. The van der Waals surface area contributed by atoms with Crippen LogP contribution in [0.2, 0.25) is 0 Å². The molecule has 1 aliphatic rings. The van der Waals surface area contributed by atoms with E-state index in [2.05, 4.69) is 28.0 Å². The fourth-order valence-corrected chi connectivity index (χ4v) is 2.32. The minimum atomic E-state index is 0.624. The van der Waals surface area contributed by atoms with Gasteiger partial charge in [-0.1, -0.05) is 0 Å². The molecule has 0 spiro atoms. The summed E-state index contributed by atoms with van der Waals surface area (Å²) in [6.45, 7) is 1.06. The monoisotopic (exact) mass is 240 g/mol. The fraction of sp³-hybridized carbons (Fsp3) is 0.429. The van der Waals surface area contributed by atoms with Crippen LogP contribution in [0, 0.1) is 11.3 Å². The van der Waals surface area contributed by atoms with Crippen LogP contribution < -0.4 is 0 Å². The van der Waals surface area contributed by atoms with Crippen LogP contribution in [0.25, 0.3) is 11.0 Å². The highest BCUT2D eigenvalue weighted by atomic mass is 15.1. The lowest BCUT2D eigenvalue weighted by Gasteiger charge is -2.14. The molecule has 0 saturated heterocycles. The summed E-state index contributed by atoms with van der Waals surface area (Å²) in [4.78, 5) is 9.84. The van der Waals surface area contributed by atoms with Gasteiger partial charge >= 0.3 is 0 Å². The molecule has 4 heteroatoms. The Bertz CT molecular complexity index is 604. The number of fused-ring (bicyclic) bond motifs is 1. The Hall–Kier alpha value is -1.86. The first kappa shape index (κ1) is 11.2. The average Bonchev–Trinajstić information content (AvgIpc) is 3.17. The summed E-state index contributed by atoms with van der Waals surface area (Å²) in [6.07, 6.45) is 7.30. The van der Waals surface area contributed by atoms with Gasteiger partial charge in [0.05, 0.1) is 5.56 Å². The predicted molar refractivity (Wildman–Crippen MR) is 70.2 cm³/mol. The van der Waals surface area contributed by atoms with E-state index in [1.807, 2.05) is 12.3 Å². The number of nitrogens with zero attached hydrogens (tertiary/aromatic N) is 3. The lowest BCUT2D eigenvalue weighted by atomic mass is 10.1. The molecule has 3 rings (SSSR count). The minimum absolute atomic E-state index is 0.624. The van der Waals surface area contributed by atoms with E-state index in [4.69, 9.17) is 5.26 Å². The number of hydrogen-bond donors (Lipinski definition) is 1. The van der Waals surface area contributed by atoms with E-state index in [0.717, 1.165) is 30.0 Å². The van der Waals surface area contributed by atoms with E-state index in [1.54, 1.807) is 6.20 Å². The highest BCUT2D eigenvalue weighted by molar-refractivity contribution is 5.80. The van der Waals surface area contributed by atoms with Crippen molar-refractivity contribution in [2.24, 2.45) is 0 Å². The van der Waals surface area contributed by atoms with Gasteiger partial charge in [-0.15, -0.1) is 0 Å². The number of rotatable bonds is 4. The van der Waals surface area contributed by atoms with Crippen molar-refractivity contribution in [3.63, 3.8) is 0 Å². The van der Waals surface area contributed by atoms with Crippen LogP contribution in [-0.2, 0) is 6.42 Å². The van der Waals surface area contributed by atoms with Crippen LogP contribution in [0.4, 0.5) is 0 Å². The van der Waals surface area contributed by atoms with E-state index in [0.29, 0.717) is 5.56 Å². The first-order valence-electron chi connectivity index (χ1n) is 6.34. The molecule has 0 radical (unpaired) electrons. The second kappa shape index (κ2) is 4.43. The molecule has 0 bridgehead atoms. The van der Waals surface area contributed by atoms with Gasteiger partial charge in [-0.3, -0.25) is 0 Å². The lowest BCUT2D eigenvalue weighted by molar-refractivity contribution is 0.329. The SMILES string of the molecule is CN(CCc1c[nH]c2ncc(C#N)cc12)C1CC1. The molecular weight excluding hydrogens is 224 g/mol. The van der Waals surface area contributed by atoms with E-state index in [1.165, 1.54) is 18.4 Å². The Balaban J connectivity index is 1.80. The van der Waals surface area contributed by atoms with E-state index >= 15 is 0 Å². The van der Waals surface area contributed by atoms with Gasteiger partial charge in [0.1, 0.15) is 11.7 Å². The highest BCUT2D eigenvalue weighted by Gasteiger charge is 2.25. The first-order chi connectivity index (χ1) is 8.78. The number of pyridine rings is 1. The van der Waals surface area contributed by atoms with Crippen molar-refractivity contribution in [2.45, 2.75) is 25.3 Å². The van der Waals surface area contributed by atoms with Gasteiger partial charge in [0.2, 0.25) is 0 Å². The quantitative estimate of drug-likeness (QED) is 0.890. The van der Waals surface area contributed by atoms with Crippen LogP contribution in [0.5, 0.6) is 0 Å². The molecule has 1 fully saturated rings. The first-order valence-corrected chi connectivity index (χ1v) is 6.34. The smallest absolute Gasteiger partial charge is 0.137 e. The van der Waals surface area contributed by atoms with Crippen molar-refractivity contribution in [2.75, 3.05) is 13.6 Å². The second-order valence-corrected chi connectivity index (χ2v) is 5.01. The van der Waals surface area contributed by atoms with Crippen LogP contribution >= 0.6 is 0 Å². The molecule has 0 aromatic carbocycles. The number of H-pyrrole nitrogens is 1. The minimum Gasteiger partial charge on any atom is -0.346 e. The summed E-state index contributed by atoms with van der Waals surface area (Å²) in [5, 5.41) is 10.00. The molecule has 2 aromatic rings. The molecule has 0 amide bonds. The maximum Gasteiger partial charge on any atom is 0.137 e. The predicted octanol–water partition coefficient (Wildman–Crippen LogP) is 2.07. The van der Waals surface area contributed by atoms with Crippen LogP contribution in [0.15, 0.2) is 18.5 Å². The Morgan fingerprint density at radius 2 is 2.39 bits per heavy atom. The zero-order valence-corrected chi connectivity index (χ0v) is 10.5. The van der Waals surface area contributed by atoms with E-state index in [-0.39, 0.29) is 0 Å². The Morgan fingerprint density at radius 3 is 3.11 bits per heavy atom. The largest absolute Gasteiger partial charge is 0.346 e. The maximum absolute atomic E-state index is 8.92. The molecule has 0 unspecified atom stereocenters. The van der Waals surface area contributed by atoms with Gasteiger partial charge in [-0.05, 0) is 37.9 Å². The summed E-state index contributed by atoms with van der Waals surface area (Å²) in [6, 6.07) is 4.86. The van der Waals surface area contributed by atoms with Crippen molar-refractivity contribution >= 4 is 11.0 Å². The summed E-state index contributed by atoms with van der Waals surface area (Å²) in [5.74, 6) is 0.